The maximum Gasteiger partial charge on any atom is 0.123 e. The third kappa shape index (κ3) is 3.06. The highest BCUT2D eigenvalue weighted by Crippen LogP contribution is 2.32. The Bertz CT molecular complexity index is 580. The molecule has 3 N–H and O–H groups in total. The molecule has 0 bridgehead atoms. The summed E-state index contributed by atoms with van der Waals surface area (Å²) < 4.78 is 13.2. The lowest BCUT2D eigenvalue weighted by Gasteiger charge is -2.24. The zero-order chi connectivity index (χ0) is 14.7. The molecule has 0 aliphatic carbocycles. The Morgan fingerprint density at radius 1 is 1.10 bits per heavy atom. The highest BCUT2D eigenvalue weighted by molar-refractivity contribution is 5.33. The fraction of sp³-hybridized carbons (Fsp3) is 0.294. The first kappa shape index (κ1) is 14.7. The summed E-state index contributed by atoms with van der Waals surface area (Å²) in [6, 6.07) is 12.4. The zero-order valence-electron chi connectivity index (χ0n) is 11.8. The zero-order valence-corrected chi connectivity index (χ0v) is 11.8. The van der Waals surface area contributed by atoms with Crippen LogP contribution < -0.4 is 5.73 Å². The summed E-state index contributed by atoms with van der Waals surface area (Å²) in [5.74, 6) is -0.488. The van der Waals surface area contributed by atoms with Crippen LogP contribution in [0.3, 0.4) is 0 Å². The molecule has 0 radical (unpaired) electrons. The van der Waals surface area contributed by atoms with Crippen LogP contribution in [0.15, 0.2) is 42.5 Å². The molecule has 0 aliphatic rings. The molecule has 2 atom stereocenters. The molecular formula is C17H20FNO. The molecule has 2 aromatic carbocycles. The van der Waals surface area contributed by atoms with Gasteiger partial charge in [-0.1, -0.05) is 35.9 Å². The molecular weight excluding hydrogens is 253 g/mol. The van der Waals surface area contributed by atoms with Crippen molar-refractivity contribution >= 4 is 0 Å². The number of nitrogens with two attached hydrogens (primary N) is 1. The minimum Gasteiger partial charge on any atom is -0.388 e. The third-order valence-corrected chi connectivity index (χ3v) is 3.69. The van der Waals surface area contributed by atoms with E-state index >= 15 is 0 Å². The predicted molar refractivity (Wildman–Crippen MR) is 79.1 cm³/mol. The van der Waals surface area contributed by atoms with Crippen molar-refractivity contribution in [1.29, 1.82) is 0 Å². The standard InChI is InChI=1S/C17H20FNO/c1-11-3-5-13(6-4-11)16(10-19)17(20)15-8-7-14(18)9-12(15)2/h3-9,16-17,20H,10,19H2,1-2H3. The maximum atomic E-state index is 13.2. The van der Waals surface area contributed by atoms with Gasteiger partial charge >= 0.3 is 0 Å². The first-order valence-corrected chi connectivity index (χ1v) is 6.73. The van der Waals surface area contributed by atoms with Crippen molar-refractivity contribution < 1.29 is 9.50 Å². The molecule has 0 fully saturated rings. The monoisotopic (exact) mass is 273 g/mol. The van der Waals surface area contributed by atoms with Gasteiger partial charge in [0.2, 0.25) is 0 Å². The van der Waals surface area contributed by atoms with Crippen molar-refractivity contribution in [2.24, 2.45) is 5.73 Å². The number of halogens is 1. The second kappa shape index (κ2) is 6.16. The lowest BCUT2D eigenvalue weighted by Crippen LogP contribution is -2.20. The Labute approximate surface area is 119 Å². The molecule has 2 aromatic rings. The highest BCUT2D eigenvalue weighted by atomic mass is 19.1. The summed E-state index contributed by atoms with van der Waals surface area (Å²) in [6.45, 7) is 4.15. The van der Waals surface area contributed by atoms with Gasteiger partial charge in [-0.15, -0.1) is 0 Å². The lowest BCUT2D eigenvalue weighted by molar-refractivity contribution is 0.146. The van der Waals surface area contributed by atoms with Crippen LogP contribution in [0.1, 0.15) is 34.3 Å². The lowest BCUT2D eigenvalue weighted by atomic mass is 9.87. The summed E-state index contributed by atoms with van der Waals surface area (Å²) in [6.07, 6.45) is -0.733. The fourth-order valence-electron chi connectivity index (χ4n) is 2.45. The van der Waals surface area contributed by atoms with Gasteiger partial charge in [-0.25, -0.2) is 4.39 Å². The summed E-state index contributed by atoms with van der Waals surface area (Å²) >= 11 is 0. The van der Waals surface area contributed by atoms with E-state index in [1.165, 1.54) is 12.1 Å². The fourth-order valence-corrected chi connectivity index (χ4v) is 2.45. The van der Waals surface area contributed by atoms with Crippen LogP contribution in [0.4, 0.5) is 4.39 Å². The Kier molecular flexibility index (Phi) is 4.53. The maximum absolute atomic E-state index is 13.2. The molecule has 20 heavy (non-hydrogen) atoms. The number of hydrogen-bond acceptors (Lipinski definition) is 2. The molecule has 0 aromatic heterocycles. The molecule has 2 nitrogen and oxygen atoms in total. The van der Waals surface area contributed by atoms with Gasteiger partial charge in [0.15, 0.2) is 0 Å². The molecule has 106 valence electrons. The number of benzene rings is 2. The smallest absolute Gasteiger partial charge is 0.123 e. The Hall–Kier alpha value is -1.71. The number of aliphatic hydroxyl groups is 1. The van der Waals surface area contributed by atoms with Gasteiger partial charge in [-0.05, 0) is 42.7 Å². The third-order valence-electron chi connectivity index (χ3n) is 3.69. The van der Waals surface area contributed by atoms with Gasteiger partial charge in [-0.3, -0.25) is 0 Å². The number of rotatable bonds is 4. The number of aliphatic hydroxyl groups excluding tert-OH is 1. The van der Waals surface area contributed by atoms with Crippen molar-refractivity contribution in [2.45, 2.75) is 25.9 Å². The average molecular weight is 273 g/mol. The Morgan fingerprint density at radius 3 is 2.30 bits per heavy atom. The van der Waals surface area contributed by atoms with Gasteiger partial charge in [0.25, 0.3) is 0 Å². The number of hydrogen-bond donors (Lipinski definition) is 2. The first-order valence-electron chi connectivity index (χ1n) is 6.73. The van der Waals surface area contributed by atoms with E-state index in [9.17, 15) is 9.50 Å². The molecule has 0 saturated carbocycles. The average Bonchev–Trinajstić information content (AvgIpc) is 2.41. The topological polar surface area (TPSA) is 46.2 Å². The first-order chi connectivity index (χ1) is 9.52. The van der Waals surface area contributed by atoms with Crippen LogP contribution >= 0.6 is 0 Å². The summed E-state index contributed by atoms with van der Waals surface area (Å²) in [7, 11) is 0. The molecule has 3 heteroatoms. The highest BCUT2D eigenvalue weighted by Gasteiger charge is 2.22. The minimum absolute atomic E-state index is 0.195. The van der Waals surface area contributed by atoms with Crippen molar-refractivity contribution in [3.05, 3.63) is 70.5 Å². The van der Waals surface area contributed by atoms with E-state index in [0.717, 1.165) is 22.3 Å². The van der Waals surface area contributed by atoms with E-state index < -0.39 is 6.10 Å². The molecule has 2 unspecified atom stereocenters. The summed E-state index contributed by atoms with van der Waals surface area (Å²) in [5.41, 5.74) is 9.45. The van der Waals surface area contributed by atoms with E-state index in [0.29, 0.717) is 6.54 Å². The Balaban J connectivity index is 2.33. The SMILES string of the molecule is Cc1ccc(C(CN)C(O)c2ccc(F)cc2C)cc1. The van der Waals surface area contributed by atoms with Gasteiger partial charge in [0.1, 0.15) is 5.82 Å². The largest absolute Gasteiger partial charge is 0.388 e. The van der Waals surface area contributed by atoms with Gasteiger partial charge in [-0.2, -0.15) is 0 Å². The second-order valence-corrected chi connectivity index (χ2v) is 5.20. The van der Waals surface area contributed by atoms with Gasteiger partial charge in [0.05, 0.1) is 6.10 Å². The number of aryl methyl sites for hydroxylation is 2. The van der Waals surface area contributed by atoms with E-state index in [2.05, 4.69) is 0 Å². The van der Waals surface area contributed by atoms with Crippen LogP contribution in [0.2, 0.25) is 0 Å². The van der Waals surface area contributed by atoms with Gasteiger partial charge < -0.3 is 10.8 Å². The minimum atomic E-state index is -0.733. The van der Waals surface area contributed by atoms with Crippen LogP contribution in [0.25, 0.3) is 0 Å². The second-order valence-electron chi connectivity index (χ2n) is 5.20. The predicted octanol–water partition coefficient (Wildman–Crippen LogP) is 3.22. The molecule has 0 saturated heterocycles. The van der Waals surface area contributed by atoms with Crippen LogP contribution in [0.5, 0.6) is 0 Å². The molecule has 0 aliphatic heterocycles. The quantitative estimate of drug-likeness (QED) is 0.898. The van der Waals surface area contributed by atoms with Crippen LogP contribution in [-0.4, -0.2) is 11.7 Å². The normalized spacial score (nSPS) is 14.1. The van der Waals surface area contributed by atoms with Crippen molar-refractivity contribution in [3.8, 4) is 0 Å². The molecule has 0 spiro atoms. The summed E-state index contributed by atoms with van der Waals surface area (Å²) in [4.78, 5) is 0. The van der Waals surface area contributed by atoms with Crippen molar-refractivity contribution in [1.82, 2.24) is 0 Å². The van der Waals surface area contributed by atoms with Crippen molar-refractivity contribution in [3.63, 3.8) is 0 Å². The van der Waals surface area contributed by atoms with Crippen molar-refractivity contribution in [2.75, 3.05) is 6.54 Å². The van der Waals surface area contributed by atoms with Crippen LogP contribution in [0, 0.1) is 19.7 Å². The molecule has 2 rings (SSSR count). The summed E-state index contributed by atoms with van der Waals surface area (Å²) in [5, 5.41) is 10.6. The van der Waals surface area contributed by atoms with Gasteiger partial charge in [0, 0.05) is 12.5 Å². The van der Waals surface area contributed by atoms with E-state index in [1.54, 1.807) is 13.0 Å². The van der Waals surface area contributed by atoms with E-state index in [4.69, 9.17) is 5.73 Å². The Morgan fingerprint density at radius 2 is 1.75 bits per heavy atom. The van der Waals surface area contributed by atoms with E-state index in [1.807, 2.05) is 31.2 Å². The van der Waals surface area contributed by atoms with Crippen LogP contribution in [-0.2, 0) is 0 Å². The molecule has 0 amide bonds. The molecule has 0 heterocycles. The van der Waals surface area contributed by atoms with E-state index in [-0.39, 0.29) is 11.7 Å².